The van der Waals surface area contributed by atoms with Crippen molar-refractivity contribution in [2.75, 3.05) is 19.8 Å². The molecule has 4 rings (SSSR count). The number of nitrogens with one attached hydrogen (secondary N) is 2. The Morgan fingerprint density at radius 3 is 2.75 bits per heavy atom. The molecule has 0 spiro atoms. The highest BCUT2D eigenvalue weighted by atomic mass is 79.9. The van der Waals surface area contributed by atoms with Crippen LogP contribution in [0.3, 0.4) is 0 Å². The number of H-pyrrole nitrogens is 1. The summed E-state index contributed by atoms with van der Waals surface area (Å²) in [6.45, 7) is 4.12. The van der Waals surface area contributed by atoms with Crippen LogP contribution in [0.5, 0.6) is 0 Å². The van der Waals surface area contributed by atoms with Crippen molar-refractivity contribution in [3.63, 3.8) is 0 Å². The van der Waals surface area contributed by atoms with Crippen LogP contribution in [-0.4, -0.2) is 30.6 Å². The second-order valence-corrected chi connectivity index (χ2v) is 8.55. The lowest BCUT2D eigenvalue weighted by atomic mass is 9.74. The Morgan fingerprint density at radius 1 is 1.18 bits per heavy atom. The molecule has 1 aromatic heterocycles. The number of aryl methyl sites for hydroxylation is 1. The normalized spacial score (nSPS) is 16.2. The minimum Gasteiger partial charge on any atom is -0.381 e. The van der Waals surface area contributed by atoms with E-state index in [9.17, 15) is 4.79 Å². The SMILES string of the molecule is Cc1[nH]c2ccccc2c1CC(=O)NCC1(c2cccc(Br)c2)CCOCC1. The minimum absolute atomic E-state index is 0.0636. The first-order chi connectivity index (χ1) is 13.6. The maximum Gasteiger partial charge on any atom is 0.224 e. The van der Waals surface area contributed by atoms with E-state index < -0.39 is 0 Å². The van der Waals surface area contributed by atoms with Crippen LogP contribution in [0.25, 0.3) is 10.9 Å². The number of carbonyl (C=O) groups excluding carboxylic acids is 1. The zero-order chi connectivity index (χ0) is 19.6. The molecule has 0 aliphatic carbocycles. The molecule has 0 bridgehead atoms. The average Bonchev–Trinajstić information content (AvgIpc) is 3.02. The number of benzene rings is 2. The van der Waals surface area contributed by atoms with Gasteiger partial charge in [-0.25, -0.2) is 0 Å². The Hall–Kier alpha value is -2.11. The number of fused-ring (bicyclic) bond motifs is 1. The fourth-order valence-electron chi connectivity index (χ4n) is 4.20. The number of para-hydroxylation sites is 1. The van der Waals surface area contributed by atoms with Gasteiger partial charge in [-0.05, 0) is 49.1 Å². The van der Waals surface area contributed by atoms with Gasteiger partial charge in [0.1, 0.15) is 0 Å². The molecule has 0 unspecified atom stereocenters. The van der Waals surface area contributed by atoms with Crippen LogP contribution < -0.4 is 5.32 Å². The van der Waals surface area contributed by atoms with Crippen molar-refractivity contribution < 1.29 is 9.53 Å². The predicted octanol–water partition coefficient (Wildman–Crippen LogP) is 4.65. The van der Waals surface area contributed by atoms with Gasteiger partial charge in [0.15, 0.2) is 0 Å². The number of ether oxygens (including phenoxy) is 1. The van der Waals surface area contributed by atoms with Gasteiger partial charge in [0, 0.05) is 46.2 Å². The number of halogens is 1. The molecule has 0 saturated carbocycles. The largest absolute Gasteiger partial charge is 0.381 e. The lowest BCUT2D eigenvalue weighted by molar-refractivity contribution is -0.120. The zero-order valence-corrected chi connectivity index (χ0v) is 17.6. The third kappa shape index (κ3) is 3.87. The second kappa shape index (κ2) is 8.10. The molecule has 0 radical (unpaired) electrons. The topological polar surface area (TPSA) is 54.1 Å². The van der Waals surface area contributed by atoms with E-state index in [1.807, 2.05) is 31.2 Å². The van der Waals surface area contributed by atoms with Crippen LogP contribution in [0.15, 0.2) is 53.0 Å². The van der Waals surface area contributed by atoms with Crippen molar-refractivity contribution in [1.82, 2.24) is 10.3 Å². The fraction of sp³-hybridized carbons (Fsp3) is 0.348. The molecule has 1 fully saturated rings. The molecule has 1 aliphatic heterocycles. The van der Waals surface area contributed by atoms with Crippen LogP contribution >= 0.6 is 15.9 Å². The summed E-state index contributed by atoms with van der Waals surface area (Å²) in [6, 6.07) is 16.6. The van der Waals surface area contributed by atoms with Crippen molar-refractivity contribution in [1.29, 1.82) is 0 Å². The first-order valence-corrected chi connectivity index (χ1v) is 10.5. The first kappa shape index (κ1) is 19.2. The van der Waals surface area contributed by atoms with E-state index in [2.05, 4.69) is 50.5 Å². The monoisotopic (exact) mass is 440 g/mol. The fourth-order valence-corrected chi connectivity index (χ4v) is 4.60. The lowest BCUT2D eigenvalue weighted by Gasteiger charge is -2.38. The highest BCUT2D eigenvalue weighted by Gasteiger charge is 2.35. The van der Waals surface area contributed by atoms with Crippen molar-refractivity contribution >= 4 is 32.7 Å². The van der Waals surface area contributed by atoms with E-state index in [0.29, 0.717) is 13.0 Å². The van der Waals surface area contributed by atoms with Gasteiger partial charge in [0.2, 0.25) is 5.91 Å². The average molecular weight is 441 g/mol. The summed E-state index contributed by atoms with van der Waals surface area (Å²) in [6.07, 6.45) is 2.21. The predicted molar refractivity (Wildman–Crippen MR) is 116 cm³/mol. The van der Waals surface area contributed by atoms with Crippen molar-refractivity contribution in [3.8, 4) is 0 Å². The first-order valence-electron chi connectivity index (χ1n) is 9.74. The molecule has 2 N–H and O–H groups in total. The Kier molecular flexibility index (Phi) is 5.56. The third-order valence-electron chi connectivity index (χ3n) is 5.88. The molecule has 3 aromatic rings. The standard InChI is InChI=1S/C23H25BrN2O2/c1-16-20(19-7-2-3-8-21(19)26-16)14-22(27)25-15-23(9-11-28-12-10-23)17-5-4-6-18(24)13-17/h2-8,13,26H,9-12,14-15H2,1H3,(H,25,27). The summed E-state index contributed by atoms with van der Waals surface area (Å²) in [4.78, 5) is 16.2. The molecule has 2 heterocycles. The van der Waals surface area contributed by atoms with Gasteiger partial charge in [-0.15, -0.1) is 0 Å². The van der Waals surface area contributed by atoms with E-state index in [-0.39, 0.29) is 11.3 Å². The number of rotatable bonds is 5. The number of aromatic nitrogens is 1. The molecule has 0 atom stereocenters. The molecule has 1 amide bonds. The van der Waals surface area contributed by atoms with E-state index in [4.69, 9.17) is 4.74 Å². The van der Waals surface area contributed by atoms with Gasteiger partial charge in [0.05, 0.1) is 6.42 Å². The molecular formula is C23H25BrN2O2. The number of amides is 1. The number of aromatic amines is 1. The smallest absolute Gasteiger partial charge is 0.224 e. The van der Waals surface area contributed by atoms with Crippen LogP contribution in [-0.2, 0) is 21.4 Å². The van der Waals surface area contributed by atoms with Gasteiger partial charge in [-0.2, -0.15) is 0 Å². The Bertz CT molecular complexity index is 989. The molecule has 146 valence electrons. The lowest BCUT2D eigenvalue weighted by Crippen LogP contribution is -2.45. The van der Waals surface area contributed by atoms with Crippen LogP contribution in [0.4, 0.5) is 0 Å². The minimum atomic E-state index is -0.0764. The summed E-state index contributed by atoms with van der Waals surface area (Å²) in [5.41, 5.74) is 4.40. The van der Waals surface area contributed by atoms with Gasteiger partial charge in [-0.3, -0.25) is 4.79 Å². The molecule has 2 aromatic carbocycles. The van der Waals surface area contributed by atoms with Gasteiger partial charge in [-0.1, -0.05) is 46.3 Å². The summed E-state index contributed by atoms with van der Waals surface area (Å²) >= 11 is 3.58. The second-order valence-electron chi connectivity index (χ2n) is 7.63. The molecule has 1 aliphatic rings. The highest BCUT2D eigenvalue weighted by molar-refractivity contribution is 9.10. The van der Waals surface area contributed by atoms with E-state index in [1.54, 1.807) is 0 Å². The summed E-state index contributed by atoms with van der Waals surface area (Å²) < 4.78 is 6.67. The quantitative estimate of drug-likeness (QED) is 0.606. The van der Waals surface area contributed by atoms with E-state index >= 15 is 0 Å². The molecule has 1 saturated heterocycles. The zero-order valence-electron chi connectivity index (χ0n) is 16.1. The van der Waals surface area contributed by atoms with Gasteiger partial charge >= 0.3 is 0 Å². The third-order valence-corrected chi connectivity index (χ3v) is 6.37. The number of hydrogen-bond acceptors (Lipinski definition) is 2. The van der Waals surface area contributed by atoms with Crippen molar-refractivity contribution in [3.05, 3.63) is 69.8 Å². The van der Waals surface area contributed by atoms with Crippen LogP contribution in [0, 0.1) is 6.92 Å². The molecule has 5 heteroatoms. The van der Waals surface area contributed by atoms with Gasteiger partial charge in [0.25, 0.3) is 0 Å². The number of hydrogen-bond donors (Lipinski definition) is 2. The Morgan fingerprint density at radius 2 is 1.96 bits per heavy atom. The number of carbonyl (C=O) groups is 1. The Labute approximate surface area is 173 Å². The summed E-state index contributed by atoms with van der Waals surface area (Å²) in [5.74, 6) is 0.0636. The van der Waals surface area contributed by atoms with Gasteiger partial charge < -0.3 is 15.0 Å². The van der Waals surface area contributed by atoms with E-state index in [0.717, 1.165) is 52.7 Å². The molecular weight excluding hydrogens is 416 g/mol. The van der Waals surface area contributed by atoms with Crippen LogP contribution in [0.1, 0.15) is 29.7 Å². The maximum atomic E-state index is 12.8. The van der Waals surface area contributed by atoms with Crippen LogP contribution in [0.2, 0.25) is 0 Å². The molecule has 4 nitrogen and oxygen atoms in total. The summed E-state index contributed by atoms with van der Waals surface area (Å²) in [7, 11) is 0. The van der Waals surface area contributed by atoms with E-state index in [1.165, 1.54) is 5.56 Å². The summed E-state index contributed by atoms with van der Waals surface area (Å²) in [5, 5.41) is 4.35. The Balaban J connectivity index is 1.51. The highest BCUT2D eigenvalue weighted by Crippen LogP contribution is 2.35. The maximum absolute atomic E-state index is 12.8. The van der Waals surface area contributed by atoms with Crippen molar-refractivity contribution in [2.45, 2.75) is 31.6 Å². The van der Waals surface area contributed by atoms with Crippen molar-refractivity contribution in [2.24, 2.45) is 0 Å². The molecule has 28 heavy (non-hydrogen) atoms.